The minimum Gasteiger partial charge on any atom is -0.508 e. The Bertz CT molecular complexity index is 722. The van der Waals surface area contributed by atoms with Crippen molar-refractivity contribution in [2.45, 2.75) is 20.3 Å². The van der Waals surface area contributed by atoms with E-state index in [0.29, 0.717) is 23.7 Å². The highest BCUT2D eigenvalue weighted by Crippen LogP contribution is 2.43. The van der Waals surface area contributed by atoms with Gasteiger partial charge in [-0.05, 0) is 36.2 Å². The number of aryl methyl sites for hydroxylation is 1. The van der Waals surface area contributed by atoms with Crippen LogP contribution in [-0.4, -0.2) is 25.3 Å². The number of esters is 1. The minimum atomic E-state index is -0.437. The summed E-state index contributed by atoms with van der Waals surface area (Å²) in [6.07, 6.45) is 0.489. The number of carbonyl (C=O) groups is 1. The van der Waals surface area contributed by atoms with Crippen LogP contribution in [0.1, 0.15) is 23.6 Å². The van der Waals surface area contributed by atoms with E-state index in [-0.39, 0.29) is 5.75 Å². The number of methoxy groups -OCH3 is 2. The van der Waals surface area contributed by atoms with Crippen molar-refractivity contribution < 1.29 is 24.1 Å². The van der Waals surface area contributed by atoms with Gasteiger partial charge in [0.15, 0.2) is 11.5 Å². The van der Waals surface area contributed by atoms with Crippen molar-refractivity contribution in [1.29, 1.82) is 0 Å². The van der Waals surface area contributed by atoms with E-state index in [1.54, 1.807) is 18.2 Å². The second-order valence-corrected chi connectivity index (χ2v) is 5.18. The zero-order valence-corrected chi connectivity index (χ0v) is 13.7. The van der Waals surface area contributed by atoms with Crippen LogP contribution < -0.4 is 14.2 Å². The van der Waals surface area contributed by atoms with Gasteiger partial charge >= 0.3 is 5.97 Å². The van der Waals surface area contributed by atoms with Crippen molar-refractivity contribution in [2.75, 3.05) is 14.2 Å². The molecular weight excluding hydrogens is 296 g/mol. The zero-order chi connectivity index (χ0) is 17.0. The van der Waals surface area contributed by atoms with Crippen LogP contribution in [0.3, 0.4) is 0 Å². The molecule has 0 spiro atoms. The number of phenols is 1. The molecule has 2 aromatic rings. The van der Waals surface area contributed by atoms with Crippen LogP contribution in [-0.2, 0) is 11.2 Å². The smallest absolute Gasteiger partial charge is 0.308 e. The molecule has 0 aromatic heterocycles. The van der Waals surface area contributed by atoms with Gasteiger partial charge in [-0.1, -0.05) is 12.1 Å². The van der Waals surface area contributed by atoms with Crippen LogP contribution in [0.4, 0.5) is 0 Å². The van der Waals surface area contributed by atoms with Crippen molar-refractivity contribution in [3.63, 3.8) is 0 Å². The molecule has 5 nitrogen and oxygen atoms in total. The molecule has 0 radical (unpaired) electrons. The number of hydrogen-bond donors (Lipinski definition) is 1. The topological polar surface area (TPSA) is 65.0 Å². The van der Waals surface area contributed by atoms with E-state index in [0.717, 1.165) is 16.7 Å². The molecule has 5 heteroatoms. The molecule has 0 saturated carbocycles. The number of benzene rings is 2. The first-order valence-electron chi connectivity index (χ1n) is 7.17. The largest absolute Gasteiger partial charge is 0.508 e. The molecule has 0 heterocycles. The van der Waals surface area contributed by atoms with Crippen molar-refractivity contribution in [3.05, 3.63) is 47.0 Å². The lowest BCUT2D eigenvalue weighted by atomic mass is 9.98. The summed E-state index contributed by atoms with van der Waals surface area (Å²) in [6.45, 7) is 3.25. The van der Waals surface area contributed by atoms with Crippen molar-refractivity contribution >= 4 is 5.97 Å². The third-order valence-electron chi connectivity index (χ3n) is 3.49. The lowest BCUT2D eigenvalue weighted by molar-refractivity contribution is -0.132. The second kappa shape index (κ2) is 7.05. The maximum atomic E-state index is 11.5. The molecule has 23 heavy (non-hydrogen) atoms. The van der Waals surface area contributed by atoms with E-state index in [9.17, 15) is 9.90 Å². The standard InChI is InChI=1S/C18H20O5/c1-11-8-16(21-3)18(22-4)17(23-12(2)19)15(11)10-13-6-5-7-14(20)9-13/h5-9,20H,10H2,1-4H3. The summed E-state index contributed by atoms with van der Waals surface area (Å²) in [5, 5.41) is 9.63. The summed E-state index contributed by atoms with van der Waals surface area (Å²) in [6, 6.07) is 8.79. The average molecular weight is 316 g/mol. The fraction of sp³-hybridized carbons (Fsp3) is 0.278. The quantitative estimate of drug-likeness (QED) is 0.677. The maximum Gasteiger partial charge on any atom is 0.308 e. The van der Waals surface area contributed by atoms with Crippen LogP contribution in [0.2, 0.25) is 0 Å². The Morgan fingerprint density at radius 1 is 1.13 bits per heavy atom. The van der Waals surface area contributed by atoms with E-state index < -0.39 is 5.97 Å². The van der Waals surface area contributed by atoms with E-state index in [1.807, 2.05) is 19.1 Å². The molecule has 0 amide bonds. The predicted molar refractivity (Wildman–Crippen MR) is 86.5 cm³/mol. The molecule has 0 bridgehead atoms. The van der Waals surface area contributed by atoms with Crippen molar-refractivity contribution in [3.8, 4) is 23.0 Å². The van der Waals surface area contributed by atoms with Gasteiger partial charge in [0.05, 0.1) is 14.2 Å². The molecule has 0 aliphatic rings. The van der Waals surface area contributed by atoms with Gasteiger partial charge in [0, 0.05) is 18.9 Å². The van der Waals surface area contributed by atoms with Crippen molar-refractivity contribution in [1.82, 2.24) is 0 Å². The Morgan fingerprint density at radius 2 is 1.87 bits per heavy atom. The highest BCUT2D eigenvalue weighted by Gasteiger charge is 2.21. The van der Waals surface area contributed by atoms with Gasteiger partial charge in [0.2, 0.25) is 5.75 Å². The van der Waals surface area contributed by atoms with Gasteiger partial charge < -0.3 is 19.3 Å². The highest BCUT2D eigenvalue weighted by atomic mass is 16.6. The SMILES string of the molecule is COc1cc(C)c(Cc2cccc(O)c2)c(OC(C)=O)c1OC. The third kappa shape index (κ3) is 3.74. The van der Waals surface area contributed by atoms with Crippen LogP contribution in [0, 0.1) is 6.92 Å². The fourth-order valence-corrected chi connectivity index (χ4v) is 2.46. The molecule has 0 fully saturated rings. The van der Waals surface area contributed by atoms with Crippen molar-refractivity contribution in [2.24, 2.45) is 0 Å². The number of rotatable bonds is 5. The number of carbonyl (C=O) groups excluding carboxylic acids is 1. The van der Waals surface area contributed by atoms with Crippen LogP contribution in [0.25, 0.3) is 0 Å². The van der Waals surface area contributed by atoms with Gasteiger partial charge in [0.25, 0.3) is 0 Å². The van der Waals surface area contributed by atoms with Crippen LogP contribution >= 0.6 is 0 Å². The Morgan fingerprint density at radius 3 is 2.43 bits per heavy atom. The monoisotopic (exact) mass is 316 g/mol. The highest BCUT2D eigenvalue weighted by molar-refractivity contribution is 5.73. The third-order valence-corrected chi connectivity index (χ3v) is 3.49. The lowest BCUT2D eigenvalue weighted by Gasteiger charge is -2.18. The molecule has 1 N–H and O–H groups in total. The van der Waals surface area contributed by atoms with E-state index >= 15 is 0 Å². The summed E-state index contributed by atoms with van der Waals surface area (Å²) in [4.78, 5) is 11.5. The van der Waals surface area contributed by atoms with E-state index in [4.69, 9.17) is 14.2 Å². The van der Waals surface area contributed by atoms with Gasteiger partial charge in [0.1, 0.15) is 5.75 Å². The molecule has 0 saturated heterocycles. The minimum absolute atomic E-state index is 0.190. The Balaban J connectivity index is 2.58. The lowest BCUT2D eigenvalue weighted by Crippen LogP contribution is -2.08. The first-order chi connectivity index (χ1) is 11.0. The zero-order valence-electron chi connectivity index (χ0n) is 13.7. The normalized spacial score (nSPS) is 10.3. The van der Waals surface area contributed by atoms with Crippen LogP contribution in [0.15, 0.2) is 30.3 Å². The molecule has 2 rings (SSSR count). The van der Waals surface area contributed by atoms with Crippen LogP contribution in [0.5, 0.6) is 23.0 Å². The summed E-state index contributed by atoms with van der Waals surface area (Å²) < 4.78 is 16.1. The van der Waals surface area contributed by atoms with Gasteiger partial charge in [-0.25, -0.2) is 0 Å². The summed E-state index contributed by atoms with van der Waals surface area (Å²) >= 11 is 0. The molecular formula is C18H20O5. The molecule has 0 atom stereocenters. The predicted octanol–water partition coefficient (Wildman–Crippen LogP) is 3.23. The van der Waals surface area contributed by atoms with Gasteiger partial charge in [-0.15, -0.1) is 0 Å². The summed E-state index contributed by atoms with van der Waals surface area (Å²) in [7, 11) is 3.03. The molecule has 0 aliphatic heterocycles. The Hall–Kier alpha value is -2.69. The second-order valence-electron chi connectivity index (χ2n) is 5.18. The molecule has 0 aliphatic carbocycles. The Labute approximate surface area is 135 Å². The number of aromatic hydroxyl groups is 1. The number of phenolic OH excluding ortho intramolecular Hbond substituents is 1. The first kappa shape index (κ1) is 16.7. The van der Waals surface area contributed by atoms with E-state index in [1.165, 1.54) is 21.1 Å². The number of ether oxygens (including phenoxy) is 3. The fourth-order valence-electron chi connectivity index (χ4n) is 2.46. The van der Waals surface area contributed by atoms with Gasteiger partial charge in [-0.2, -0.15) is 0 Å². The molecule has 2 aromatic carbocycles. The van der Waals surface area contributed by atoms with Gasteiger partial charge in [-0.3, -0.25) is 4.79 Å². The first-order valence-corrected chi connectivity index (χ1v) is 7.17. The average Bonchev–Trinajstić information content (AvgIpc) is 2.50. The molecule has 0 unspecified atom stereocenters. The Kier molecular flexibility index (Phi) is 5.11. The summed E-state index contributed by atoms with van der Waals surface area (Å²) in [5.41, 5.74) is 2.61. The van der Waals surface area contributed by atoms with E-state index in [2.05, 4.69) is 0 Å². The molecule has 122 valence electrons. The maximum absolute atomic E-state index is 11.5. The summed E-state index contributed by atoms with van der Waals surface area (Å²) in [5.74, 6) is 0.979. The number of hydrogen-bond acceptors (Lipinski definition) is 5.